The van der Waals surface area contributed by atoms with Crippen LogP contribution in [-0.2, 0) is 4.79 Å². The summed E-state index contributed by atoms with van der Waals surface area (Å²) in [7, 11) is 0. The van der Waals surface area contributed by atoms with Gasteiger partial charge in [-0.25, -0.2) is 0 Å². The van der Waals surface area contributed by atoms with Crippen molar-refractivity contribution in [2.24, 2.45) is 23.0 Å². The van der Waals surface area contributed by atoms with E-state index in [1.807, 2.05) is 0 Å². The van der Waals surface area contributed by atoms with Crippen LogP contribution in [-0.4, -0.2) is 17.6 Å². The first-order valence-corrected chi connectivity index (χ1v) is 4.46. The minimum Gasteiger partial charge on any atom is -0.481 e. The lowest BCUT2D eigenvalue weighted by Crippen LogP contribution is -2.27. The maximum atomic E-state index is 10.8. The molecule has 0 aliphatic heterocycles. The van der Waals surface area contributed by atoms with Crippen molar-refractivity contribution in [1.82, 2.24) is 0 Å². The number of carbonyl (C=O) groups is 1. The number of carboxylic acid groups (broad SMARTS) is 1. The van der Waals surface area contributed by atoms with E-state index < -0.39 is 11.4 Å². The van der Waals surface area contributed by atoms with Crippen LogP contribution in [0.4, 0.5) is 0 Å². The summed E-state index contributed by atoms with van der Waals surface area (Å²) in [4.78, 5) is 10.8. The topological polar surface area (TPSA) is 63.3 Å². The Morgan fingerprint density at radius 2 is 2.23 bits per heavy atom. The van der Waals surface area contributed by atoms with E-state index in [1.54, 1.807) is 0 Å². The summed E-state index contributed by atoms with van der Waals surface area (Å²) in [6.07, 6.45) is 1.76. The highest BCUT2D eigenvalue weighted by Crippen LogP contribution is 2.54. The van der Waals surface area contributed by atoms with Gasteiger partial charge in [0.1, 0.15) is 0 Å². The van der Waals surface area contributed by atoms with Gasteiger partial charge in [0, 0.05) is 6.54 Å². The van der Waals surface area contributed by atoms with Crippen molar-refractivity contribution in [1.29, 1.82) is 0 Å². The third-order valence-electron chi connectivity index (χ3n) is 2.78. The average Bonchev–Trinajstić information content (AvgIpc) is 2.62. The van der Waals surface area contributed by atoms with Crippen LogP contribution in [0.15, 0.2) is 0 Å². The molecular formula is C9H18ClNO2. The van der Waals surface area contributed by atoms with Crippen LogP contribution >= 0.6 is 12.4 Å². The number of rotatable bonds is 4. The van der Waals surface area contributed by atoms with Gasteiger partial charge < -0.3 is 10.8 Å². The molecular weight excluding hydrogens is 190 g/mol. The Balaban J connectivity index is 0.00000144. The van der Waals surface area contributed by atoms with E-state index in [4.69, 9.17) is 10.8 Å². The lowest BCUT2D eigenvalue weighted by molar-refractivity contribution is -0.143. The molecule has 1 saturated carbocycles. The first-order valence-electron chi connectivity index (χ1n) is 4.46. The first-order chi connectivity index (χ1) is 5.53. The Labute approximate surface area is 85.1 Å². The molecule has 0 saturated heterocycles. The van der Waals surface area contributed by atoms with Crippen molar-refractivity contribution in [3.63, 3.8) is 0 Å². The molecule has 0 aromatic rings. The SMILES string of the molecule is CC(C)CC1CC1(CN)C(=O)O.Cl. The highest BCUT2D eigenvalue weighted by atomic mass is 35.5. The average molecular weight is 208 g/mol. The van der Waals surface area contributed by atoms with Crippen molar-refractivity contribution in [2.45, 2.75) is 26.7 Å². The van der Waals surface area contributed by atoms with Gasteiger partial charge in [0.15, 0.2) is 0 Å². The lowest BCUT2D eigenvalue weighted by atomic mass is 9.98. The number of carboxylic acids is 1. The Hall–Kier alpha value is -0.280. The monoisotopic (exact) mass is 207 g/mol. The van der Waals surface area contributed by atoms with Gasteiger partial charge in [0.25, 0.3) is 0 Å². The van der Waals surface area contributed by atoms with E-state index in [9.17, 15) is 4.79 Å². The van der Waals surface area contributed by atoms with Gasteiger partial charge in [-0.15, -0.1) is 12.4 Å². The zero-order chi connectivity index (χ0) is 9.35. The van der Waals surface area contributed by atoms with Crippen LogP contribution < -0.4 is 5.73 Å². The smallest absolute Gasteiger partial charge is 0.311 e. The Morgan fingerprint density at radius 1 is 1.69 bits per heavy atom. The summed E-state index contributed by atoms with van der Waals surface area (Å²) in [5, 5.41) is 8.91. The number of hydrogen-bond donors (Lipinski definition) is 2. The van der Waals surface area contributed by atoms with E-state index in [2.05, 4.69) is 13.8 Å². The summed E-state index contributed by atoms with van der Waals surface area (Å²) in [5.74, 6) is 0.179. The molecule has 1 rings (SSSR count). The van der Waals surface area contributed by atoms with Crippen molar-refractivity contribution in [3.05, 3.63) is 0 Å². The van der Waals surface area contributed by atoms with Crippen molar-refractivity contribution in [2.75, 3.05) is 6.54 Å². The molecule has 13 heavy (non-hydrogen) atoms. The van der Waals surface area contributed by atoms with E-state index >= 15 is 0 Å². The van der Waals surface area contributed by atoms with Crippen molar-refractivity contribution >= 4 is 18.4 Å². The van der Waals surface area contributed by atoms with Gasteiger partial charge in [-0.3, -0.25) is 4.79 Å². The molecule has 2 atom stereocenters. The summed E-state index contributed by atoms with van der Waals surface area (Å²) >= 11 is 0. The fraction of sp³-hybridized carbons (Fsp3) is 0.889. The molecule has 0 spiro atoms. The molecule has 3 N–H and O–H groups in total. The molecule has 78 valence electrons. The quantitative estimate of drug-likeness (QED) is 0.735. The molecule has 0 aromatic heterocycles. The molecule has 2 unspecified atom stereocenters. The predicted octanol–water partition coefficient (Wildman–Crippen LogP) is 1.50. The highest BCUT2D eigenvalue weighted by Gasteiger charge is 2.58. The Morgan fingerprint density at radius 3 is 2.46 bits per heavy atom. The van der Waals surface area contributed by atoms with Gasteiger partial charge in [-0.05, 0) is 24.7 Å². The minimum atomic E-state index is -0.712. The number of halogens is 1. The second-order valence-electron chi connectivity index (χ2n) is 4.20. The van der Waals surface area contributed by atoms with E-state index in [0.29, 0.717) is 18.4 Å². The highest BCUT2D eigenvalue weighted by molar-refractivity contribution is 5.85. The first kappa shape index (κ1) is 12.7. The molecule has 0 aromatic carbocycles. The van der Waals surface area contributed by atoms with Crippen LogP contribution in [0.1, 0.15) is 26.7 Å². The largest absolute Gasteiger partial charge is 0.481 e. The van der Waals surface area contributed by atoms with Crippen LogP contribution in [0, 0.1) is 17.3 Å². The second-order valence-corrected chi connectivity index (χ2v) is 4.20. The standard InChI is InChI=1S/C9H17NO2.ClH/c1-6(2)3-7-4-9(7,5-10)8(11)12;/h6-7H,3-5,10H2,1-2H3,(H,11,12);1H. The summed E-state index contributed by atoms with van der Waals surface area (Å²) in [6, 6.07) is 0. The molecule has 1 aliphatic carbocycles. The van der Waals surface area contributed by atoms with Crippen LogP contribution in [0.25, 0.3) is 0 Å². The van der Waals surface area contributed by atoms with Gasteiger partial charge >= 0.3 is 5.97 Å². The molecule has 3 nitrogen and oxygen atoms in total. The minimum absolute atomic E-state index is 0. The van der Waals surface area contributed by atoms with Gasteiger partial charge in [-0.2, -0.15) is 0 Å². The van der Waals surface area contributed by atoms with Gasteiger partial charge in [-0.1, -0.05) is 13.8 Å². The van der Waals surface area contributed by atoms with Crippen LogP contribution in [0.2, 0.25) is 0 Å². The van der Waals surface area contributed by atoms with E-state index in [0.717, 1.165) is 12.8 Å². The lowest BCUT2D eigenvalue weighted by Gasteiger charge is -2.09. The molecule has 0 amide bonds. The number of aliphatic carboxylic acids is 1. The van der Waals surface area contributed by atoms with Crippen molar-refractivity contribution in [3.8, 4) is 0 Å². The summed E-state index contributed by atoms with van der Waals surface area (Å²) in [5.41, 5.74) is 4.89. The number of nitrogens with two attached hydrogens (primary N) is 1. The Bertz CT molecular complexity index is 196. The maximum Gasteiger partial charge on any atom is 0.311 e. The molecule has 1 aliphatic rings. The van der Waals surface area contributed by atoms with E-state index in [-0.39, 0.29) is 12.4 Å². The molecule has 0 radical (unpaired) electrons. The fourth-order valence-corrected chi connectivity index (χ4v) is 1.86. The normalized spacial score (nSPS) is 31.2. The summed E-state index contributed by atoms with van der Waals surface area (Å²) in [6.45, 7) is 4.52. The van der Waals surface area contributed by atoms with Crippen molar-refractivity contribution < 1.29 is 9.90 Å². The third-order valence-corrected chi connectivity index (χ3v) is 2.78. The molecule has 4 heteroatoms. The van der Waals surface area contributed by atoms with Gasteiger partial charge in [0.2, 0.25) is 0 Å². The third kappa shape index (κ3) is 2.35. The van der Waals surface area contributed by atoms with E-state index in [1.165, 1.54) is 0 Å². The van der Waals surface area contributed by atoms with Crippen LogP contribution in [0.3, 0.4) is 0 Å². The van der Waals surface area contributed by atoms with Crippen LogP contribution in [0.5, 0.6) is 0 Å². The fourth-order valence-electron chi connectivity index (χ4n) is 1.86. The molecule has 0 bridgehead atoms. The zero-order valence-corrected chi connectivity index (χ0v) is 8.93. The second kappa shape index (κ2) is 4.29. The number of hydrogen-bond acceptors (Lipinski definition) is 2. The maximum absolute atomic E-state index is 10.8. The van der Waals surface area contributed by atoms with Gasteiger partial charge in [0.05, 0.1) is 5.41 Å². The molecule has 0 heterocycles. The predicted molar refractivity (Wildman–Crippen MR) is 53.9 cm³/mol. The molecule has 1 fully saturated rings. The Kier molecular flexibility index (Phi) is 4.20. The zero-order valence-electron chi connectivity index (χ0n) is 8.12. The summed E-state index contributed by atoms with van der Waals surface area (Å²) < 4.78 is 0.